The van der Waals surface area contributed by atoms with Crippen molar-refractivity contribution >= 4 is 0 Å². The van der Waals surface area contributed by atoms with Crippen LogP contribution in [0.4, 0.5) is 0 Å². The van der Waals surface area contributed by atoms with Crippen molar-refractivity contribution in [1.29, 1.82) is 0 Å². The zero-order valence-electron chi connectivity index (χ0n) is 20.6. The van der Waals surface area contributed by atoms with Crippen LogP contribution in [0.3, 0.4) is 0 Å². The average molecular weight is 425 g/mol. The molecule has 4 aliphatic carbocycles. The highest BCUT2D eigenvalue weighted by molar-refractivity contribution is 5.33. The quantitative estimate of drug-likeness (QED) is 0.356. The highest BCUT2D eigenvalue weighted by Gasteiger charge is 2.63. The summed E-state index contributed by atoms with van der Waals surface area (Å²) in [5.41, 5.74) is 3.97. The fourth-order valence-corrected chi connectivity index (χ4v) is 9.74. The van der Waals surface area contributed by atoms with Gasteiger partial charge < -0.3 is 9.47 Å². The molecule has 3 saturated carbocycles. The van der Waals surface area contributed by atoms with Gasteiger partial charge in [0.05, 0.1) is 17.8 Å². The van der Waals surface area contributed by atoms with Gasteiger partial charge in [-0.25, -0.2) is 0 Å². The summed E-state index contributed by atoms with van der Waals surface area (Å²) in [7, 11) is 0. The number of fused-ring (bicyclic) bond motifs is 7. The molecule has 2 aliphatic heterocycles. The molecule has 0 aromatic heterocycles. The molecule has 0 bridgehead atoms. The summed E-state index contributed by atoms with van der Waals surface area (Å²) in [5.74, 6) is 3.91. The Kier molecular flexibility index (Phi) is 4.55. The fourth-order valence-electron chi connectivity index (χ4n) is 9.74. The molecule has 172 valence electrons. The maximum absolute atomic E-state index is 6.64. The van der Waals surface area contributed by atoms with Crippen molar-refractivity contribution in [3.8, 4) is 0 Å². The highest BCUT2D eigenvalue weighted by atomic mass is 16.6. The van der Waals surface area contributed by atoms with Gasteiger partial charge in [0.2, 0.25) is 0 Å². The van der Waals surface area contributed by atoms with Gasteiger partial charge in [0.1, 0.15) is 6.10 Å². The Hall–Kier alpha value is -0.600. The SMILES string of the molecule is C=C(C1CC(CC)C(C)(C)O1)C1CCC2C3CC=C4C5OC5CCC4(C)C3CCC12C. The predicted octanol–water partition coefficient (Wildman–Crippen LogP) is 7.09. The second kappa shape index (κ2) is 6.72. The van der Waals surface area contributed by atoms with Crippen molar-refractivity contribution in [2.24, 2.45) is 40.4 Å². The van der Waals surface area contributed by atoms with Gasteiger partial charge in [-0.15, -0.1) is 0 Å². The molecule has 5 fully saturated rings. The third kappa shape index (κ3) is 2.82. The van der Waals surface area contributed by atoms with E-state index in [1.165, 1.54) is 63.4 Å². The molecule has 0 amide bonds. The van der Waals surface area contributed by atoms with E-state index in [0.717, 1.165) is 17.8 Å². The maximum atomic E-state index is 6.64. The lowest BCUT2D eigenvalue weighted by Crippen LogP contribution is -2.50. The van der Waals surface area contributed by atoms with Gasteiger partial charge in [-0.05, 0) is 117 Å². The highest BCUT2D eigenvalue weighted by Crippen LogP contribution is 2.68. The van der Waals surface area contributed by atoms with E-state index in [1.54, 1.807) is 5.57 Å². The van der Waals surface area contributed by atoms with E-state index in [9.17, 15) is 0 Å². The van der Waals surface area contributed by atoms with E-state index in [-0.39, 0.29) is 11.7 Å². The molecule has 0 aromatic rings. The number of epoxide rings is 1. The van der Waals surface area contributed by atoms with Gasteiger partial charge in [-0.2, -0.15) is 0 Å². The van der Waals surface area contributed by atoms with Crippen molar-refractivity contribution in [2.45, 2.75) is 116 Å². The van der Waals surface area contributed by atoms with E-state index in [1.807, 2.05) is 0 Å². The molecule has 0 N–H and O–H groups in total. The minimum absolute atomic E-state index is 0.00179. The second-order valence-electron chi connectivity index (χ2n) is 13.1. The minimum atomic E-state index is 0.00179. The van der Waals surface area contributed by atoms with Crippen LogP contribution in [0.5, 0.6) is 0 Å². The summed E-state index contributed by atoms with van der Waals surface area (Å²) in [6.07, 6.45) is 15.8. The number of allylic oxidation sites excluding steroid dienone is 1. The molecule has 0 radical (unpaired) electrons. The lowest BCUT2D eigenvalue weighted by atomic mass is 9.47. The minimum Gasteiger partial charge on any atom is -0.368 e. The van der Waals surface area contributed by atoms with E-state index in [4.69, 9.17) is 16.1 Å². The van der Waals surface area contributed by atoms with Crippen LogP contribution in [0.15, 0.2) is 23.8 Å². The summed E-state index contributed by atoms with van der Waals surface area (Å²) in [4.78, 5) is 0. The Bertz CT molecular complexity index is 810. The molecule has 2 heteroatoms. The van der Waals surface area contributed by atoms with Crippen LogP contribution >= 0.6 is 0 Å². The summed E-state index contributed by atoms with van der Waals surface area (Å²) in [6.45, 7) is 16.9. The van der Waals surface area contributed by atoms with Crippen LogP contribution < -0.4 is 0 Å². The van der Waals surface area contributed by atoms with Gasteiger partial charge >= 0.3 is 0 Å². The third-order valence-electron chi connectivity index (χ3n) is 11.6. The Morgan fingerprint density at radius 2 is 1.87 bits per heavy atom. The summed E-state index contributed by atoms with van der Waals surface area (Å²) in [5, 5.41) is 0. The van der Waals surface area contributed by atoms with Crippen molar-refractivity contribution in [3.05, 3.63) is 23.8 Å². The molecule has 6 rings (SSSR count). The Morgan fingerprint density at radius 1 is 1.06 bits per heavy atom. The number of hydrogen-bond acceptors (Lipinski definition) is 2. The molecule has 0 aromatic carbocycles. The van der Waals surface area contributed by atoms with Crippen LogP contribution in [-0.4, -0.2) is 23.9 Å². The van der Waals surface area contributed by atoms with Crippen molar-refractivity contribution in [2.75, 3.05) is 0 Å². The molecule has 10 unspecified atom stereocenters. The zero-order chi connectivity index (χ0) is 21.8. The van der Waals surface area contributed by atoms with E-state index in [2.05, 4.69) is 40.7 Å². The lowest BCUT2D eigenvalue weighted by Gasteiger charge is -2.57. The average Bonchev–Trinajstić information content (AvgIpc) is 3.33. The molecule has 31 heavy (non-hydrogen) atoms. The van der Waals surface area contributed by atoms with Gasteiger partial charge in [0, 0.05) is 0 Å². The van der Waals surface area contributed by atoms with Gasteiger partial charge in [-0.3, -0.25) is 0 Å². The first-order valence-corrected chi connectivity index (χ1v) is 13.4. The van der Waals surface area contributed by atoms with E-state index in [0.29, 0.717) is 34.9 Å². The van der Waals surface area contributed by atoms with E-state index >= 15 is 0 Å². The fraction of sp³-hybridized carbons (Fsp3) is 0.862. The van der Waals surface area contributed by atoms with Crippen molar-refractivity contribution < 1.29 is 9.47 Å². The molecular formula is C29H44O2. The van der Waals surface area contributed by atoms with Crippen LogP contribution in [0.25, 0.3) is 0 Å². The Labute approximate surface area is 190 Å². The number of rotatable bonds is 3. The topological polar surface area (TPSA) is 21.8 Å². The summed E-state index contributed by atoms with van der Waals surface area (Å²) < 4.78 is 12.7. The standard InChI is InChI=1S/C29H44O2/c1-7-18-16-25(31-27(18,3)4)17(2)20-10-11-21-19-8-9-23-26-24(30-26)13-15-29(23,6)22(19)12-14-28(20,21)5/h9,18-22,24-26H,2,7-8,10-16H2,1,3-6H3. The van der Waals surface area contributed by atoms with Crippen LogP contribution in [0.2, 0.25) is 0 Å². The number of hydrogen-bond donors (Lipinski definition) is 0. The molecule has 2 heterocycles. The summed E-state index contributed by atoms with van der Waals surface area (Å²) in [6, 6.07) is 0. The Balaban J connectivity index is 1.24. The second-order valence-corrected chi connectivity index (χ2v) is 13.1. The van der Waals surface area contributed by atoms with Gasteiger partial charge in [-0.1, -0.05) is 39.8 Å². The molecule has 0 spiro atoms. The molecule has 2 nitrogen and oxygen atoms in total. The van der Waals surface area contributed by atoms with Crippen LogP contribution in [0, 0.1) is 40.4 Å². The Morgan fingerprint density at radius 3 is 2.61 bits per heavy atom. The molecule has 6 aliphatic rings. The first-order valence-electron chi connectivity index (χ1n) is 13.4. The molecule has 2 saturated heterocycles. The number of ether oxygens (including phenoxy) is 2. The monoisotopic (exact) mass is 424 g/mol. The molecule has 10 atom stereocenters. The first kappa shape index (κ1) is 21.0. The molecular weight excluding hydrogens is 380 g/mol. The van der Waals surface area contributed by atoms with Crippen molar-refractivity contribution in [1.82, 2.24) is 0 Å². The van der Waals surface area contributed by atoms with Crippen LogP contribution in [0.1, 0.15) is 92.4 Å². The zero-order valence-corrected chi connectivity index (χ0v) is 20.6. The smallest absolute Gasteiger partial charge is 0.106 e. The summed E-state index contributed by atoms with van der Waals surface area (Å²) >= 11 is 0. The predicted molar refractivity (Wildman–Crippen MR) is 126 cm³/mol. The maximum Gasteiger partial charge on any atom is 0.106 e. The van der Waals surface area contributed by atoms with Crippen molar-refractivity contribution in [3.63, 3.8) is 0 Å². The van der Waals surface area contributed by atoms with E-state index < -0.39 is 0 Å². The van der Waals surface area contributed by atoms with Gasteiger partial charge in [0.25, 0.3) is 0 Å². The lowest BCUT2D eigenvalue weighted by molar-refractivity contribution is -0.0467. The van der Waals surface area contributed by atoms with Crippen LogP contribution in [-0.2, 0) is 9.47 Å². The van der Waals surface area contributed by atoms with Gasteiger partial charge in [0.15, 0.2) is 0 Å². The normalized spacial score (nSPS) is 54.3. The first-order chi connectivity index (χ1) is 14.7. The largest absolute Gasteiger partial charge is 0.368 e. The third-order valence-corrected chi connectivity index (χ3v) is 11.6.